The Kier molecular flexibility index (Phi) is 3.30. The lowest BCUT2D eigenvalue weighted by Crippen LogP contribution is -2.22. The smallest absolute Gasteiger partial charge is 0.144 e. The number of rotatable bonds is 2. The normalized spacial score (nSPS) is 23.4. The monoisotopic (exact) mass is 230 g/mol. The van der Waals surface area contributed by atoms with Crippen LogP contribution in [0, 0.1) is 25.2 Å². The fraction of sp³-hybridized carbons (Fsp3) is 0.538. The molecule has 17 heavy (non-hydrogen) atoms. The summed E-state index contributed by atoms with van der Waals surface area (Å²) in [6.45, 7) is 3.89. The third-order valence-corrected chi connectivity index (χ3v) is 3.27. The molecule has 1 aliphatic carbocycles. The summed E-state index contributed by atoms with van der Waals surface area (Å²) in [5, 5.41) is 12.5. The van der Waals surface area contributed by atoms with Crippen LogP contribution in [0.25, 0.3) is 0 Å². The first-order valence-electron chi connectivity index (χ1n) is 6.00. The Hall–Kier alpha value is -1.60. The predicted octanol–water partition coefficient (Wildman–Crippen LogP) is 1.86. The van der Waals surface area contributed by atoms with Crippen molar-refractivity contribution in [1.82, 2.24) is 4.98 Å². The van der Waals surface area contributed by atoms with Crippen LogP contribution in [0.2, 0.25) is 0 Å². The van der Waals surface area contributed by atoms with Crippen LogP contribution in [0.4, 0.5) is 5.82 Å². The summed E-state index contributed by atoms with van der Waals surface area (Å²) in [7, 11) is 0. The topological polar surface area (TPSA) is 74.7 Å². The summed E-state index contributed by atoms with van der Waals surface area (Å²) in [5.74, 6) is 0.712. The van der Waals surface area contributed by atoms with Gasteiger partial charge in [-0.1, -0.05) is 0 Å². The van der Waals surface area contributed by atoms with E-state index in [1.807, 2.05) is 19.9 Å². The van der Waals surface area contributed by atoms with Gasteiger partial charge in [0.2, 0.25) is 0 Å². The molecule has 90 valence electrons. The highest BCUT2D eigenvalue weighted by Gasteiger charge is 2.23. The van der Waals surface area contributed by atoms with Gasteiger partial charge in [-0.05, 0) is 44.7 Å². The molecule has 4 heteroatoms. The zero-order chi connectivity index (χ0) is 12.4. The SMILES string of the molecule is Cc1cc(C)c(C#N)c(N[C@@H]2CC[C@@H](N)C2)n1. The fourth-order valence-corrected chi connectivity index (χ4v) is 2.42. The number of nitriles is 1. The van der Waals surface area contributed by atoms with Crippen molar-refractivity contribution in [3.63, 3.8) is 0 Å². The Bertz CT molecular complexity index is 461. The first-order valence-corrected chi connectivity index (χ1v) is 6.00. The van der Waals surface area contributed by atoms with Crippen LogP contribution in [0.3, 0.4) is 0 Å². The van der Waals surface area contributed by atoms with E-state index in [1.165, 1.54) is 0 Å². The van der Waals surface area contributed by atoms with Gasteiger partial charge in [-0.15, -0.1) is 0 Å². The summed E-state index contributed by atoms with van der Waals surface area (Å²) < 4.78 is 0. The van der Waals surface area contributed by atoms with E-state index >= 15 is 0 Å². The van der Waals surface area contributed by atoms with Crippen LogP contribution in [0.1, 0.15) is 36.1 Å². The van der Waals surface area contributed by atoms with E-state index in [0.717, 1.165) is 30.5 Å². The van der Waals surface area contributed by atoms with Gasteiger partial charge in [-0.2, -0.15) is 5.26 Å². The maximum absolute atomic E-state index is 9.16. The van der Waals surface area contributed by atoms with Crippen LogP contribution in [0.5, 0.6) is 0 Å². The second kappa shape index (κ2) is 4.72. The summed E-state index contributed by atoms with van der Waals surface area (Å²) in [6.07, 6.45) is 3.06. The maximum Gasteiger partial charge on any atom is 0.144 e. The number of nitrogens with zero attached hydrogens (tertiary/aromatic N) is 2. The summed E-state index contributed by atoms with van der Waals surface area (Å²) in [5.41, 5.74) is 8.45. The molecule has 2 rings (SSSR count). The number of hydrogen-bond acceptors (Lipinski definition) is 4. The second-order valence-electron chi connectivity index (χ2n) is 4.83. The van der Waals surface area contributed by atoms with E-state index in [4.69, 9.17) is 11.0 Å². The average Bonchev–Trinajstić information content (AvgIpc) is 2.63. The Morgan fingerprint density at radius 2 is 2.24 bits per heavy atom. The van der Waals surface area contributed by atoms with E-state index in [0.29, 0.717) is 17.4 Å². The Morgan fingerprint density at radius 3 is 2.82 bits per heavy atom. The first kappa shape index (κ1) is 11.9. The first-order chi connectivity index (χ1) is 8.10. The molecule has 1 heterocycles. The number of pyridine rings is 1. The van der Waals surface area contributed by atoms with Crippen molar-refractivity contribution in [2.24, 2.45) is 5.73 Å². The van der Waals surface area contributed by atoms with Gasteiger partial charge in [0.05, 0.1) is 5.56 Å². The number of aryl methyl sites for hydroxylation is 2. The molecule has 1 saturated carbocycles. The predicted molar refractivity (Wildman–Crippen MR) is 67.7 cm³/mol. The van der Waals surface area contributed by atoms with E-state index in [-0.39, 0.29) is 6.04 Å². The maximum atomic E-state index is 9.16. The highest BCUT2D eigenvalue weighted by molar-refractivity contribution is 5.56. The van der Waals surface area contributed by atoms with Crippen molar-refractivity contribution in [1.29, 1.82) is 5.26 Å². The van der Waals surface area contributed by atoms with Gasteiger partial charge >= 0.3 is 0 Å². The summed E-state index contributed by atoms with van der Waals surface area (Å²) >= 11 is 0. The molecule has 0 spiro atoms. The molecule has 1 aromatic heterocycles. The van der Waals surface area contributed by atoms with E-state index < -0.39 is 0 Å². The lowest BCUT2D eigenvalue weighted by Gasteiger charge is -2.15. The van der Waals surface area contributed by atoms with Gasteiger partial charge in [0.15, 0.2) is 0 Å². The third kappa shape index (κ3) is 2.56. The van der Waals surface area contributed by atoms with Crippen molar-refractivity contribution in [2.45, 2.75) is 45.2 Å². The lowest BCUT2D eigenvalue weighted by atomic mass is 10.1. The summed E-state index contributed by atoms with van der Waals surface area (Å²) in [6, 6.07) is 4.79. The number of anilines is 1. The molecule has 0 aromatic carbocycles. The molecule has 1 fully saturated rings. The van der Waals surface area contributed by atoms with Crippen LogP contribution in [0.15, 0.2) is 6.07 Å². The van der Waals surface area contributed by atoms with Crippen LogP contribution in [-0.4, -0.2) is 17.1 Å². The Labute approximate surface area is 102 Å². The van der Waals surface area contributed by atoms with E-state index in [2.05, 4.69) is 16.4 Å². The second-order valence-corrected chi connectivity index (χ2v) is 4.83. The van der Waals surface area contributed by atoms with Gasteiger partial charge < -0.3 is 11.1 Å². The molecule has 0 aliphatic heterocycles. The van der Waals surface area contributed by atoms with Gasteiger partial charge in [-0.3, -0.25) is 0 Å². The number of hydrogen-bond donors (Lipinski definition) is 2. The van der Waals surface area contributed by atoms with Crippen molar-refractivity contribution in [2.75, 3.05) is 5.32 Å². The molecule has 0 saturated heterocycles. The molecule has 0 bridgehead atoms. The van der Waals surface area contributed by atoms with Crippen molar-refractivity contribution >= 4 is 5.82 Å². The van der Waals surface area contributed by atoms with E-state index in [9.17, 15) is 0 Å². The standard InChI is InChI=1S/C13H18N4/c1-8-5-9(2)16-13(12(8)7-14)17-11-4-3-10(15)6-11/h5,10-11H,3-4,6,15H2,1-2H3,(H,16,17)/t10-,11-/m1/s1. The molecule has 2 atom stereocenters. The van der Waals surface area contributed by atoms with Gasteiger partial charge in [-0.25, -0.2) is 4.98 Å². The summed E-state index contributed by atoms with van der Waals surface area (Å²) in [4.78, 5) is 4.42. The zero-order valence-corrected chi connectivity index (χ0v) is 10.3. The molecule has 1 aliphatic rings. The lowest BCUT2D eigenvalue weighted by molar-refractivity contribution is 0.686. The molecule has 0 unspecified atom stereocenters. The number of nitrogens with one attached hydrogen (secondary N) is 1. The fourth-order valence-electron chi connectivity index (χ4n) is 2.42. The molecule has 1 aromatic rings. The quantitative estimate of drug-likeness (QED) is 0.813. The van der Waals surface area contributed by atoms with E-state index in [1.54, 1.807) is 0 Å². The largest absolute Gasteiger partial charge is 0.366 e. The Morgan fingerprint density at radius 1 is 1.47 bits per heavy atom. The molecule has 0 radical (unpaired) electrons. The van der Waals surface area contributed by atoms with Crippen LogP contribution in [-0.2, 0) is 0 Å². The minimum Gasteiger partial charge on any atom is -0.366 e. The van der Waals surface area contributed by atoms with Crippen molar-refractivity contribution < 1.29 is 0 Å². The molecule has 3 N–H and O–H groups in total. The van der Waals surface area contributed by atoms with Crippen molar-refractivity contribution in [3.8, 4) is 6.07 Å². The third-order valence-electron chi connectivity index (χ3n) is 3.27. The molecule has 0 amide bonds. The van der Waals surface area contributed by atoms with Gasteiger partial charge in [0.1, 0.15) is 11.9 Å². The number of nitrogens with two attached hydrogens (primary N) is 1. The highest BCUT2D eigenvalue weighted by Crippen LogP contribution is 2.24. The highest BCUT2D eigenvalue weighted by atomic mass is 15.0. The van der Waals surface area contributed by atoms with Crippen molar-refractivity contribution in [3.05, 3.63) is 22.9 Å². The molecular formula is C13H18N4. The average molecular weight is 230 g/mol. The molecule has 4 nitrogen and oxygen atoms in total. The Balaban J connectivity index is 2.23. The van der Waals surface area contributed by atoms with Gasteiger partial charge in [0, 0.05) is 17.8 Å². The zero-order valence-electron chi connectivity index (χ0n) is 10.3. The minimum atomic E-state index is 0.281. The minimum absolute atomic E-state index is 0.281. The van der Waals surface area contributed by atoms with Gasteiger partial charge in [0.25, 0.3) is 0 Å². The van der Waals surface area contributed by atoms with Crippen LogP contribution >= 0.6 is 0 Å². The number of aromatic nitrogens is 1. The van der Waals surface area contributed by atoms with Crippen LogP contribution < -0.4 is 11.1 Å². The molecular weight excluding hydrogens is 212 g/mol.